The van der Waals surface area contributed by atoms with E-state index >= 15 is 0 Å². The van der Waals surface area contributed by atoms with E-state index in [1.54, 1.807) is 0 Å². The minimum Gasteiger partial charge on any atom is -0.390 e. The zero-order chi connectivity index (χ0) is 11.0. The quantitative estimate of drug-likeness (QED) is 0.734. The minimum atomic E-state index is -0.449. The van der Waals surface area contributed by atoms with E-state index in [0.717, 1.165) is 18.8 Å². The zero-order valence-electron chi connectivity index (χ0n) is 10.4. The fraction of sp³-hybridized carbons (Fsp3) is 1.00. The number of rotatable bonds is 3. The second kappa shape index (κ2) is 3.84. The Labute approximate surface area is 88.9 Å². The van der Waals surface area contributed by atoms with E-state index in [0.29, 0.717) is 5.92 Å². The lowest BCUT2D eigenvalue weighted by Gasteiger charge is -2.42. The lowest BCUT2D eigenvalue weighted by molar-refractivity contribution is -0.0649. The molecule has 14 heavy (non-hydrogen) atoms. The Hall–Kier alpha value is -0.0400. The largest absolute Gasteiger partial charge is 0.390 e. The van der Waals surface area contributed by atoms with Crippen LogP contribution < -0.4 is 0 Å². The average molecular weight is 198 g/mol. The average Bonchev–Trinajstić information content (AvgIpc) is 2.38. The molecule has 0 amide bonds. The molecule has 1 rings (SSSR count). The van der Waals surface area contributed by atoms with Gasteiger partial charge in [0.25, 0.3) is 0 Å². The third kappa shape index (κ3) is 1.60. The first kappa shape index (κ1) is 12.0. The van der Waals surface area contributed by atoms with E-state index < -0.39 is 5.60 Å². The van der Waals surface area contributed by atoms with E-state index in [1.807, 2.05) is 6.92 Å². The van der Waals surface area contributed by atoms with Gasteiger partial charge in [-0.25, -0.2) is 0 Å². The summed E-state index contributed by atoms with van der Waals surface area (Å²) in [5, 5.41) is 10.4. The molecular formula is C13H26O. The van der Waals surface area contributed by atoms with Crippen molar-refractivity contribution in [2.45, 2.75) is 65.9 Å². The highest BCUT2D eigenvalue weighted by molar-refractivity contribution is 5.03. The molecule has 0 aromatic rings. The summed E-state index contributed by atoms with van der Waals surface area (Å²) in [6.45, 7) is 11.1. The van der Waals surface area contributed by atoms with Crippen LogP contribution in [0.15, 0.2) is 0 Å². The van der Waals surface area contributed by atoms with Gasteiger partial charge in [0.15, 0.2) is 0 Å². The van der Waals surface area contributed by atoms with Gasteiger partial charge < -0.3 is 5.11 Å². The maximum atomic E-state index is 10.4. The number of hydrogen-bond donors (Lipinski definition) is 1. The van der Waals surface area contributed by atoms with Gasteiger partial charge in [-0.3, -0.25) is 0 Å². The Balaban J connectivity index is 2.90. The first-order valence-corrected chi connectivity index (χ1v) is 6.11. The summed E-state index contributed by atoms with van der Waals surface area (Å²) < 4.78 is 0. The van der Waals surface area contributed by atoms with Crippen LogP contribution in [0.3, 0.4) is 0 Å². The summed E-state index contributed by atoms with van der Waals surface area (Å²) in [5.74, 6) is 1.45. The maximum absolute atomic E-state index is 10.4. The molecule has 1 nitrogen and oxygen atoms in total. The van der Waals surface area contributed by atoms with Crippen LogP contribution in [-0.4, -0.2) is 10.7 Å². The van der Waals surface area contributed by atoms with Crippen LogP contribution in [0.4, 0.5) is 0 Å². The highest BCUT2D eigenvalue weighted by Crippen LogP contribution is 2.55. The third-order valence-electron chi connectivity index (χ3n) is 5.06. The summed E-state index contributed by atoms with van der Waals surface area (Å²) in [6, 6.07) is 0. The summed E-state index contributed by atoms with van der Waals surface area (Å²) in [5.41, 5.74) is -0.321. The Morgan fingerprint density at radius 1 is 1.36 bits per heavy atom. The van der Waals surface area contributed by atoms with E-state index in [2.05, 4.69) is 27.7 Å². The first-order valence-electron chi connectivity index (χ1n) is 6.11. The monoisotopic (exact) mass is 198 g/mol. The SMILES string of the molecule is CCC(C)C1CCC(C)(O)[C@@]1(C)CC. The molecule has 0 aliphatic heterocycles. The predicted molar refractivity (Wildman–Crippen MR) is 61.2 cm³/mol. The Bertz CT molecular complexity index is 197. The van der Waals surface area contributed by atoms with Crippen LogP contribution in [0.1, 0.15) is 60.3 Å². The van der Waals surface area contributed by atoms with Crippen molar-refractivity contribution in [2.24, 2.45) is 17.3 Å². The smallest absolute Gasteiger partial charge is 0.0675 e. The first-order chi connectivity index (χ1) is 6.39. The van der Waals surface area contributed by atoms with Gasteiger partial charge in [-0.05, 0) is 43.4 Å². The Morgan fingerprint density at radius 3 is 2.36 bits per heavy atom. The van der Waals surface area contributed by atoms with E-state index in [9.17, 15) is 5.11 Å². The molecule has 0 bridgehead atoms. The maximum Gasteiger partial charge on any atom is 0.0675 e. The van der Waals surface area contributed by atoms with Crippen LogP contribution in [0, 0.1) is 17.3 Å². The van der Waals surface area contributed by atoms with Crippen molar-refractivity contribution in [2.75, 3.05) is 0 Å². The van der Waals surface area contributed by atoms with Gasteiger partial charge in [0, 0.05) is 0 Å². The van der Waals surface area contributed by atoms with Crippen molar-refractivity contribution in [3.8, 4) is 0 Å². The van der Waals surface area contributed by atoms with Crippen LogP contribution in [0.25, 0.3) is 0 Å². The van der Waals surface area contributed by atoms with Crippen molar-refractivity contribution < 1.29 is 5.11 Å². The van der Waals surface area contributed by atoms with Gasteiger partial charge >= 0.3 is 0 Å². The summed E-state index contributed by atoms with van der Waals surface area (Å²) in [6.07, 6.45) is 4.50. The summed E-state index contributed by atoms with van der Waals surface area (Å²) in [4.78, 5) is 0. The molecule has 0 saturated heterocycles. The van der Waals surface area contributed by atoms with Gasteiger partial charge in [0.2, 0.25) is 0 Å². The zero-order valence-corrected chi connectivity index (χ0v) is 10.4. The number of hydrogen-bond acceptors (Lipinski definition) is 1. The molecule has 0 aromatic carbocycles. The standard InChI is InChI=1S/C13H26O/c1-6-10(3)11-8-9-13(5,14)12(11,4)7-2/h10-11,14H,6-9H2,1-5H3/t10?,11?,12-,13?/m0/s1. The molecule has 4 atom stereocenters. The van der Waals surface area contributed by atoms with Crippen molar-refractivity contribution in [1.29, 1.82) is 0 Å². The molecule has 84 valence electrons. The van der Waals surface area contributed by atoms with Crippen molar-refractivity contribution in [3.05, 3.63) is 0 Å². The summed E-state index contributed by atoms with van der Waals surface area (Å²) in [7, 11) is 0. The van der Waals surface area contributed by atoms with Crippen LogP contribution in [-0.2, 0) is 0 Å². The predicted octanol–water partition coefficient (Wildman–Crippen LogP) is 3.61. The second-order valence-electron chi connectivity index (χ2n) is 5.58. The van der Waals surface area contributed by atoms with Crippen molar-refractivity contribution in [1.82, 2.24) is 0 Å². The Morgan fingerprint density at radius 2 is 1.93 bits per heavy atom. The van der Waals surface area contributed by atoms with Crippen molar-refractivity contribution in [3.63, 3.8) is 0 Å². The third-order valence-corrected chi connectivity index (χ3v) is 5.06. The molecule has 0 radical (unpaired) electrons. The van der Waals surface area contributed by atoms with Crippen LogP contribution >= 0.6 is 0 Å². The highest BCUT2D eigenvalue weighted by atomic mass is 16.3. The molecule has 1 fully saturated rings. The number of aliphatic hydroxyl groups is 1. The van der Waals surface area contributed by atoms with Gasteiger partial charge in [0.05, 0.1) is 5.60 Å². The topological polar surface area (TPSA) is 20.2 Å². The highest BCUT2D eigenvalue weighted by Gasteiger charge is 2.53. The van der Waals surface area contributed by atoms with Crippen molar-refractivity contribution >= 4 is 0 Å². The molecule has 1 N–H and O–H groups in total. The summed E-state index contributed by atoms with van der Waals surface area (Å²) >= 11 is 0. The Kier molecular flexibility index (Phi) is 3.30. The molecular weight excluding hydrogens is 172 g/mol. The van der Waals surface area contributed by atoms with Gasteiger partial charge in [-0.1, -0.05) is 34.1 Å². The molecule has 1 aliphatic carbocycles. The lowest BCUT2D eigenvalue weighted by atomic mass is 9.65. The molecule has 1 saturated carbocycles. The molecule has 1 aliphatic rings. The van der Waals surface area contributed by atoms with Gasteiger partial charge in [-0.15, -0.1) is 0 Å². The fourth-order valence-corrected chi connectivity index (χ4v) is 3.28. The molecule has 1 heteroatoms. The lowest BCUT2D eigenvalue weighted by Crippen LogP contribution is -2.43. The van der Waals surface area contributed by atoms with Gasteiger partial charge in [-0.2, -0.15) is 0 Å². The normalized spacial score (nSPS) is 45.4. The van der Waals surface area contributed by atoms with Crippen LogP contribution in [0.5, 0.6) is 0 Å². The molecule has 0 aromatic heterocycles. The molecule has 3 unspecified atom stereocenters. The van der Waals surface area contributed by atoms with Crippen LogP contribution in [0.2, 0.25) is 0 Å². The van der Waals surface area contributed by atoms with E-state index in [4.69, 9.17) is 0 Å². The van der Waals surface area contributed by atoms with Gasteiger partial charge in [0.1, 0.15) is 0 Å². The second-order valence-corrected chi connectivity index (χ2v) is 5.58. The molecule has 0 spiro atoms. The van der Waals surface area contributed by atoms with E-state index in [-0.39, 0.29) is 5.41 Å². The fourth-order valence-electron chi connectivity index (χ4n) is 3.28. The minimum absolute atomic E-state index is 0.127. The molecule has 0 heterocycles. The van der Waals surface area contributed by atoms with E-state index in [1.165, 1.54) is 12.8 Å².